The number of nitriles is 1. The number of hydrogen-bond acceptors (Lipinski definition) is 1. The van der Waals surface area contributed by atoms with Gasteiger partial charge in [0.15, 0.2) is 0 Å². The first-order valence-electron chi connectivity index (χ1n) is 5.34. The van der Waals surface area contributed by atoms with Gasteiger partial charge in [0, 0.05) is 4.47 Å². The predicted molar refractivity (Wildman–Crippen MR) is 66.6 cm³/mol. The fourth-order valence-corrected chi connectivity index (χ4v) is 2.27. The van der Waals surface area contributed by atoms with Gasteiger partial charge in [-0.2, -0.15) is 5.26 Å². The minimum atomic E-state index is 0.0162. The molecule has 15 heavy (non-hydrogen) atoms. The maximum Gasteiger partial charge on any atom is 0.0738 e. The zero-order valence-electron chi connectivity index (χ0n) is 9.20. The van der Waals surface area contributed by atoms with Gasteiger partial charge in [-0.1, -0.05) is 48.3 Å². The molecule has 0 aromatic heterocycles. The number of nitrogens with zero attached hydrogens (tertiary/aromatic N) is 1. The number of rotatable bonds is 4. The molecule has 0 spiro atoms. The van der Waals surface area contributed by atoms with E-state index in [1.807, 2.05) is 24.3 Å². The summed E-state index contributed by atoms with van der Waals surface area (Å²) in [6, 6.07) is 10.5. The highest BCUT2D eigenvalue weighted by Crippen LogP contribution is 2.28. The SMILES string of the molecule is CCCC(C)C(C#N)c1cccc(Br)c1. The zero-order valence-corrected chi connectivity index (χ0v) is 10.8. The third-order valence-electron chi connectivity index (χ3n) is 2.66. The van der Waals surface area contributed by atoms with Crippen molar-refractivity contribution in [2.75, 3.05) is 0 Å². The summed E-state index contributed by atoms with van der Waals surface area (Å²) < 4.78 is 1.05. The van der Waals surface area contributed by atoms with Crippen molar-refractivity contribution in [3.05, 3.63) is 34.3 Å². The van der Waals surface area contributed by atoms with E-state index in [9.17, 15) is 5.26 Å². The number of hydrogen-bond donors (Lipinski definition) is 0. The molecule has 0 heterocycles. The molecule has 0 amide bonds. The van der Waals surface area contributed by atoms with Crippen LogP contribution in [-0.2, 0) is 0 Å². The van der Waals surface area contributed by atoms with Crippen molar-refractivity contribution in [1.82, 2.24) is 0 Å². The van der Waals surface area contributed by atoms with Gasteiger partial charge in [-0.25, -0.2) is 0 Å². The molecule has 1 aromatic carbocycles. The average Bonchev–Trinajstić information content (AvgIpc) is 2.19. The Morgan fingerprint density at radius 3 is 2.73 bits per heavy atom. The Balaban J connectivity index is 2.88. The third-order valence-corrected chi connectivity index (χ3v) is 3.15. The molecule has 0 saturated carbocycles. The lowest BCUT2D eigenvalue weighted by Gasteiger charge is -2.17. The van der Waals surface area contributed by atoms with Crippen molar-refractivity contribution < 1.29 is 0 Å². The molecule has 1 rings (SSSR count). The summed E-state index contributed by atoms with van der Waals surface area (Å²) in [5, 5.41) is 9.20. The maximum atomic E-state index is 9.20. The lowest BCUT2D eigenvalue weighted by molar-refractivity contribution is 0.483. The van der Waals surface area contributed by atoms with Crippen molar-refractivity contribution in [3.8, 4) is 6.07 Å². The topological polar surface area (TPSA) is 23.8 Å². The van der Waals surface area contributed by atoms with Crippen molar-refractivity contribution in [2.45, 2.75) is 32.6 Å². The first kappa shape index (κ1) is 12.3. The van der Waals surface area contributed by atoms with Crippen LogP contribution in [0, 0.1) is 17.2 Å². The molecule has 0 N–H and O–H groups in total. The van der Waals surface area contributed by atoms with E-state index in [4.69, 9.17) is 0 Å². The molecule has 0 aliphatic heterocycles. The van der Waals surface area contributed by atoms with Crippen molar-refractivity contribution in [2.24, 2.45) is 5.92 Å². The summed E-state index contributed by atoms with van der Waals surface area (Å²) in [5.41, 5.74) is 1.12. The van der Waals surface area contributed by atoms with E-state index in [2.05, 4.69) is 35.8 Å². The quantitative estimate of drug-likeness (QED) is 0.787. The van der Waals surface area contributed by atoms with Crippen molar-refractivity contribution >= 4 is 15.9 Å². The highest BCUT2D eigenvalue weighted by atomic mass is 79.9. The van der Waals surface area contributed by atoms with Gasteiger partial charge in [0.1, 0.15) is 0 Å². The van der Waals surface area contributed by atoms with E-state index in [-0.39, 0.29) is 5.92 Å². The molecule has 1 nitrogen and oxygen atoms in total. The molecule has 0 fully saturated rings. The highest BCUT2D eigenvalue weighted by Gasteiger charge is 2.17. The van der Waals surface area contributed by atoms with Gasteiger partial charge >= 0.3 is 0 Å². The van der Waals surface area contributed by atoms with Crippen molar-refractivity contribution in [3.63, 3.8) is 0 Å². The van der Waals surface area contributed by atoms with E-state index < -0.39 is 0 Å². The molecule has 0 radical (unpaired) electrons. The Hall–Kier alpha value is -0.810. The molecule has 0 bridgehead atoms. The summed E-state index contributed by atoms with van der Waals surface area (Å²) >= 11 is 3.44. The summed E-state index contributed by atoms with van der Waals surface area (Å²) in [5.74, 6) is 0.441. The first-order chi connectivity index (χ1) is 7.19. The Labute approximate surface area is 100 Å². The van der Waals surface area contributed by atoms with Crippen LogP contribution in [0.4, 0.5) is 0 Å². The molecule has 0 saturated heterocycles. The molecule has 0 aliphatic rings. The smallest absolute Gasteiger partial charge is 0.0738 e. The summed E-state index contributed by atoms with van der Waals surface area (Å²) in [7, 11) is 0. The van der Waals surface area contributed by atoms with Gasteiger partial charge in [-0.3, -0.25) is 0 Å². The predicted octanol–water partition coefficient (Wildman–Crippen LogP) is 4.49. The Morgan fingerprint density at radius 1 is 1.47 bits per heavy atom. The fraction of sp³-hybridized carbons (Fsp3) is 0.462. The third kappa shape index (κ3) is 3.35. The van der Waals surface area contributed by atoms with Gasteiger partial charge in [0.2, 0.25) is 0 Å². The average molecular weight is 266 g/mol. The number of benzene rings is 1. The van der Waals surface area contributed by atoms with Gasteiger partial charge in [-0.15, -0.1) is 0 Å². The van der Waals surface area contributed by atoms with Gasteiger partial charge < -0.3 is 0 Å². The van der Waals surface area contributed by atoms with Crippen LogP contribution < -0.4 is 0 Å². The van der Waals surface area contributed by atoms with Crippen LogP contribution in [0.2, 0.25) is 0 Å². The van der Waals surface area contributed by atoms with Crippen LogP contribution in [0.3, 0.4) is 0 Å². The van der Waals surface area contributed by atoms with Crippen molar-refractivity contribution in [1.29, 1.82) is 5.26 Å². The van der Waals surface area contributed by atoms with Crippen LogP contribution in [0.5, 0.6) is 0 Å². The number of halogens is 1. The van der Waals surface area contributed by atoms with Gasteiger partial charge in [-0.05, 0) is 30.0 Å². The van der Waals surface area contributed by atoms with Gasteiger partial charge in [0.25, 0.3) is 0 Å². The fourth-order valence-electron chi connectivity index (χ4n) is 1.85. The van der Waals surface area contributed by atoms with E-state index in [1.54, 1.807) is 0 Å². The maximum absolute atomic E-state index is 9.20. The van der Waals surface area contributed by atoms with E-state index in [0.717, 1.165) is 22.9 Å². The molecular formula is C13H16BrN. The molecule has 2 heteroatoms. The van der Waals surface area contributed by atoms with E-state index in [1.165, 1.54) is 0 Å². The normalized spacial score (nSPS) is 14.3. The summed E-state index contributed by atoms with van der Waals surface area (Å²) in [6.45, 7) is 4.31. The van der Waals surface area contributed by atoms with Crippen LogP contribution in [0.25, 0.3) is 0 Å². The van der Waals surface area contributed by atoms with Crippen LogP contribution in [-0.4, -0.2) is 0 Å². The highest BCUT2D eigenvalue weighted by molar-refractivity contribution is 9.10. The van der Waals surface area contributed by atoms with Crippen LogP contribution in [0.15, 0.2) is 28.7 Å². The minimum Gasteiger partial charge on any atom is -0.198 e. The first-order valence-corrected chi connectivity index (χ1v) is 6.13. The lowest BCUT2D eigenvalue weighted by atomic mass is 9.86. The van der Waals surface area contributed by atoms with E-state index in [0.29, 0.717) is 5.92 Å². The van der Waals surface area contributed by atoms with Crippen LogP contribution in [0.1, 0.15) is 38.2 Å². The molecule has 0 aliphatic carbocycles. The largest absolute Gasteiger partial charge is 0.198 e. The molecule has 80 valence electrons. The van der Waals surface area contributed by atoms with Gasteiger partial charge in [0.05, 0.1) is 12.0 Å². The lowest BCUT2D eigenvalue weighted by Crippen LogP contribution is -2.07. The summed E-state index contributed by atoms with van der Waals surface area (Å²) in [4.78, 5) is 0. The Kier molecular flexibility index (Phi) is 4.84. The minimum absolute atomic E-state index is 0.0162. The zero-order chi connectivity index (χ0) is 11.3. The van der Waals surface area contributed by atoms with Crippen LogP contribution >= 0.6 is 15.9 Å². The Morgan fingerprint density at radius 2 is 2.20 bits per heavy atom. The monoisotopic (exact) mass is 265 g/mol. The Bertz CT molecular complexity index is 354. The second-order valence-corrected chi connectivity index (χ2v) is 4.84. The van der Waals surface area contributed by atoms with E-state index >= 15 is 0 Å². The second kappa shape index (κ2) is 5.92. The second-order valence-electron chi connectivity index (χ2n) is 3.93. The standard InChI is InChI=1S/C13H16BrN/c1-3-5-10(2)13(9-15)11-6-4-7-12(14)8-11/h4,6-8,10,13H,3,5H2,1-2H3. The molecular weight excluding hydrogens is 250 g/mol. The molecule has 2 unspecified atom stereocenters. The summed E-state index contributed by atoms with van der Waals surface area (Å²) in [6.07, 6.45) is 2.23. The molecule has 1 aromatic rings. The molecule has 2 atom stereocenters.